The number of carbonyl (C=O) groups excluding carboxylic acids is 1. The van der Waals surface area contributed by atoms with Crippen LogP contribution in [0.2, 0.25) is 0 Å². The highest BCUT2D eigenvalue weighted by Crippen LogP contribution is 2.40. The molecule has 0 saturated carbocycles. The Balaban J connectivity index is 1.93. The third-order valence-electron chi connectivity index (χ3n) is 7.00. The summed E-state index contributed by atoms with van der Waals surface area (Å²) in [4.78, 5) is 15.3. The first-order chi connectivity index (χ1) is 15.8. The van der Waals surface area contributed by atoms with E-state index in [0.29, 0.717) is 31.9 Å². The molecule has 1 aromatic heterocycles. The summed E-state index contributed by atoms with van der Waals surface area (Å²) in [7, 11) is -1.11. The lowest BCUT2D eigenvalue weighted by Crippen LogP contribution is -2.46. The minimum atomic E-state index is -4.68. The van der Waals surface area contributed by atoms with Gasteiger partial charge in [0.2, 0.25) is 0 Å². The normalized spacial score (nSPS) is 20.1. The monoisotopic (exact) mass is 478 g/mol. The smallest absolute Gasteiger partial charge is 0.399 e. The summed E-state index contributed by atoms with van der Waals surface area (Å²) in [5.41, 5.74) is -1.73. The Hall–Kier alpha value is -2.30. The molecule has 0 aliphatic carbocycles. The lowest BCUT2D eigenvalue weighted by Gasteiger charge is -2.32. The van der Waals surface area contributed by atoms with Crippen molar-refractivity contribution in [3.8, 4) is 0 Å². The minimum Gasteiger partial charge on any atom is -0.399 e. The van der Waals surface area contributed by atoms with Gasteiger partial charge in [0.05, 0.1) is 24.4 Å². The molecule has 0 radical (unpaired) electrons. The van der Waals surface area contributed by atoms with Gasteiger partial charge in [-0.15, -0.1) is 0 Å². The summed E-state index contributed by atoms with van der Waals surface area (Å²) in [5.74, 6) is -0.484. The number of hydrogen-bond acceptors (Lipinski definition) is 4. The Labute approximate surface area is 198 Å². The number of amides is 1. The molecule has 0 spiro atoms. The van der Waals surface area contributed by atoms with Crippen LogP contribution in [0.5, 0.6) is 0 Å². The van der Waals surface area contributed by atoms with Gasteiger partial charge in [-0.05, 0) is 45.7 Å². The lowest BCUT2D eigenvalue weighted by atomic mass is 9.75. The molecule has 1 amide bonds. The van der Waals surface area contributed by atoms with E-state index in [1.165, 1.54) is 11.8 Å². The van der Waals surface area contributed by atoms with Gasteiger partial charge in [-0.2, -0.15) is 13.2 Å². The summed E-state index contributed by atoms with van der Waals surface area (Å²) in [6.45, 7) is 9.88. The second kappa shape index (κ2) is 8.73. The number of nitrogens with zero attached hydrogens (tertiary/aromatic N) is 2. The van der Waals surface area contributed by atoms with E-state index >= 15 is 0 Å². The van der Waals surface area contributed by atoms with Crippen LogP contribution in [0.1, 0.15) is 55.0 Å². The van der Waals surface area contributed by atoms with E-state index in [2.05, 4.69) is 0 Å². The molecule has 6 nitrogen and oxygen atoms in total. The second-order valence-electron chi connectivity index (χ2n) is 9.80. The maximum absolute atomic E-state index is 14.5. The highest BCUT2D eigenvalue weighted by atomic mass is 19.4. The molecular formula is C24H30BF3N2O4. The van der Waals surface area contributed by atoms with Gasteiger partial charge >= 0.3 is 13.3 Å². The first kappa shape index (κ1) is 24.8. The number of rotatable bonds is 4. The van der Waals surface area contributed by atoms with Gasteiger partial charge < -0.3 is 23.5 Å². The Morgan fingerprint density at radius 2 is 1.59 bits per heavy atom. The number of carbonyl (C=O) groups is 1. The number of ether oxygens (including phenoxy) is 1. The predicted octanol–water partition coefficient (Wildman–Crippen LogP) is 3.64. The number of halogens is 3. The van der Waals surface area contributed by atoms with E-state index in [-0.39, 0.29) is 23.3 Å². The molecular weight excluding hydrogens is 448 g/mol. The number of benzene rings is 1. The van der Waals surface area contributed by atoms with Gasteiger partial charge in [0.25, 0.3) is 5.91 Å². The van der Waals surface area contributed by atoms with Crippen molar-refractivity contribution in [1.29, 1.82) is 0 Å². The maximum Gasteiger partial charge on any atom is 0.497 e. The van der Waals surface area contributed by atoms with E-state index in [4.69, 9.17) is 14.0 Å². The molecule has 2 fully saturated rings. The fourth-order valence-electron chi connectivity index (χ4n) is 4.45. The Morgan fingerprint density at radius 3 is 2.12 bits per heavy atom. The van der Waals surface area contributed by atoms with Crippen molar-refractivity contribution >= 4 is 18.5 Å². The van der Waals surface area contributed by atoms with E-state index in [0.717, 1.165) is 4.57 Å². The SMILES string of the molecule is Cc1c(B2OC(C)(C)C(C)(C)O2)c(C(=O)N2CCOCC2)n(Cc2ccccc2)c1C(F)(F)F. The van der Waals surface area contributed by atoms with Crippen LogP contribution in [0, 0.1) is 6.92 Å². The molecule has 2 aromatic rings. The molecule has 0 bridgehead atoms. The molecule has 2 aliphatic heterocycles. The van der Waals surface area contributed by atoms with Crippen LogP contribution in [0.4, 0.5) is 13.2 Å². The zero-order chi connectivity index (χ0) is 24.9. The first-order valence-electron chi connectivity index (χ1n) is 11.4. The van der Waals surface area contributed by atoms with E-state index in [1.54, 1.807) is 30.3 Å². The standard InChI is InChI=1S/C24H30BF3N2O4/c1-16-18(25-33-22(2,3)23(4,5)34-25)19(21(31)29-11-13-32-14-12-29)30(20(16)24(26,27)28)15-17-9-7-6-8-10-17/h6-10H,11-15H2,1-5H3. The van der Waals surface area contributed by atoms with Crippen molar-refractivity contribution in [3.63, 3.8) is 0 Å². The Bertz CT molecular complexity index is 1040. The van der Waals surface area contributed by atoms with Crippen molar-refractivity contribution in [3.05, 3.63) is 52.8 Å². The van der Waals surface area contributed by atoms with Crippen LogP contribution in [-0.2, 0) is 26.8 Å². The molecule has 0 N–H and O–H groups in total. The summed E-state index contributed by atoms with van der Waals surface area (Å²) in [5, 5.41) is 0. The van der Waals surface area contributed by atoms with E-state index in [9.17, 15) is 18.0 Å². The summed E-state index contributed by atoms with van der Waals surface area (Å²) >= 11 is 0. The topological polar surface area (TPSA) is 52.9 Å². The second-order valence-corrected chi connectivity index (χ2v) is 9.80. The molecule has 0 atom stereocenters. The van der Waals surface area contributed by atoms with Gasteiger partial charge in [0.15, 0.2) is 0 Å². The molecule has 0 unspecified atom stereocenters. The molecule has 4 rings (SSSR count). The quantitative estimate of drug-likeness (QED) is 0.630. The average molecular weight is 478 g/mol. The number of aromatic nitrogens is 1. The highest BCUT2D eigenvalue weighted by molar-refractivity contribution is 6.64. The Morgan fingerprint density at radius 1 is 1.03 bits per heavy atom. The van der Waals surface area contributed by atoms with Crippen molar-refractivity contribution in [1.82, 2.24) is 9.47 Å². The van der Waals surface area contributed by atoms with Crippen LogP contribution in [-0.4, -0.2) is 60.0 Å². The molecule has 2 aliphatic rings. The van der Waals surface area contributed by atoms with Crippen molar-refractivity contribution < 1.29 is 32.0 Å². The highest BCUT2D eigenvalue weighted by Gasteiger charge is 2.55. The largest absolute Gasteiger partial charge is 0.497 e. The van der Waals surface area contributed by atoms with Crippen molar-refractivity contribution in [2.75, 3.05) is 26.3 Å². The fourth-order valence-corrected chi connectivity index (χ4v) is 4.45. The third-order valence-corrected chi connectivity index (χ3v) is 7.00. The summed E-state index contributed by atoms with van der Waals surface area (Å²) < 4.78 is 62.1. The molecule has 34 heavy (non-hydrogen) atoms. The van der Waals surface area contributed by atoms with E-state index in [1.807, 2.05) is 27.7 Å². The summed E-state index contributed by atoms with van der Waals surface area (Å²) in [6, 6.07) is 8.81. The molecule has 2 saturated heterocycles. The zero-order valence-corrected chi connectivity index (χ0v) is 20.2. The summed E-state index contributed by atoms with van der Waals surface area (Å²) in [6.07, 6.45) is -4.68. The van der Waals surface area contributed by atoms with Crippen LogP contribution >= 0.6 is 0 Å². The molecule has 3 heterocycles. The zero-order valence-electron chi connectivity index (χ0n) is 20.2. The predicted molar refractivity (Wildman–Crippen MR) is 122 cm³/mol. The molecule has 1 aromatic carbocycles. The Kier molecular flexibility index (Phi) is 6.37. The fraction of sp³-hybridized carbons (Fsp3) is 0.542. The number of alkyl halides is 3. The van der Waals surface area contributed by atoms with Gasteiger partial charge in [-0.3, -0.25) is 4.79 Å². The lowest BCUT2D eigenvalue weighted by molar-refractivity contribution is -0.143. The average Bonchev–Trinajstić information content (AvgIpc) is 3.16. The van der Waals surface area contributed by atoms with Crippen LogP contribution in [0.3, 0.4) is 0 Å². The molecule has 184 valence electrons. The molecule has 10 heteroatoms. The van der Waals surface area contributed by atoms with Gasteiger partial charge in [-0.1, -0.05) is 30.3 Å². The van der Waals surface area contributed by atoms with Crippen LogP contribution in [0.15, 0.2) is 30.3 Å². The third kappa shape index (κ3) is 4.39. The van der Waals surface area contributed by atoms with Crippen molar-refractivity contribution in [2.24, 2.45) is 0 Å². The van der Waals surface area contributed by atoms with Gasteiger partial charge in [-0.25, -0.2) is 0 Å². The van der Waals surface area contributed by atoms with Gasteiger partial charge in [0.1, 0.15) is 11.4 Å². The van der Waals surface area contributed by atoms with E-state index < -0.39 is 36.1 Å². The van der Waals surface area contributed by atoms with Crippen LogP contribution < -0.4 is 5.46 Å². The number of hydrogen-bond donors (Lipinski definition) is 0. The van der Waals surface area contributed by atoms with Crippen LogP contribution in [0.25, 0.3) is 0 Å². The first-order valence-corrected chi connectivity index (χ1v) is 11.4. The maximum atomic E-state index is 14.5. The van der Waals surface area contributed by atoms with Crippen molar-refractivity contribution in [2.45, 2.75) is 58.5 Å². The number of morpholine rings is 1. The van der Waals surface area contributed by atoms with Gasteiger partial charge in [0, 0.05) is 25.1 Å². The minimum absolute atomic E-state index is 0.0471.